The van der Waals surface area contributed by atoms with Crippen molar-refractivity contribution in [3.8, 4) is 0 Å². The number of alkyl halides is 1. The fourth-order valence-corrected chi connectivity index (χ4v) is 2.51. The van der Waals surface area contributed by atoms with Gasteiger partial charge in [-0.1, -0.05) is 0 Å². The molecule has 1 heterocycles. The highest BCUT2D eigenvalue weighted by molar-refractivity contribution is 7.89. The minimum Gasteiger partial charge on any atom is -0.356 e. The molecule has 0 aliphatic heterocycles. The molecule has 102 valence electrons. The number of nitrogens with zero attached hydrogens (tertiary/aromatic N) is 3. The maximum atomic E-state index is 11.9. The molecule has 1 aromatic heterocycles. The van der Waals surface area contributed by atoms with Crippen molar-refractivity contribution >= 4 is 27.4 Å². The number of aromatic nitrogens is 1. The average Bonchev–Trinajstić information content (AvgIpc) is 2.36. The number of pyridine rings is 1. The third-order valence-electron chi connectivity index (χ3n) is 2.56. The largest absolute Gasteiger partial charge is 0.356 e. The lowest BCUT2D eigenvalue weighted by Gasteiger charge is -2.21. The molecule has 0 aromatic carbocycles. The van der Waals surface area contributed by atoms with E-state index in [1.807, 2.05) is 11.8 Å². The van der Waals surface area contributed by atoms with Gasteiger partial charge in [0.1, 0.15) is 10.7 Å². The number of anilines is 1. The molecule has 0 bridgehead atoms. The van der Waals surface area contributed by atoms with E-state index in [0.717, 1.165) is 12.4 Å². The van der Waals surface area contributed by atoms with E-state index in [-0.39, 0.29) is 4.90 Å². The van der Waals surface area contributed by atoms with Crippen molar-refractivity contribution in [3.63, 3.8) is 0 Å². The molecule has 0 radical (unpaired) electrons. The van der Waals surface area contributed by atoms with E-state index in [0.29, 0.717) is 12.4 Å². The first kappa shape index (κ1) is 15.2. The van der Waals surface area contributed by atoms with Crippen molar-refractivity contribution in [3.05, 3.63) is 18.3 Å². The van der Waals surface area contributed by atoms with Crippen molar-refractivity contribution in [2.24, 2.45) is 0 Å². The summed E-state index contributed by atoms with van der Waals surface area (Å²) in [6, 6.07) is 3.26. The summed E-state index contributed by atoms with van der Waals surface area (Å²) in [4.78, 5) is 6.36. The summed E-state index contributed by atoms with van der Waals surface area (Å²) in [7, 11) is -0.422. The maximum absolute atomic E-state index is 11.9. The highest BCUT2D eigenvalue weighted by Crippen LogP contribution is 2.16. The first-order valence-electron chi connectivity index (χ1n) is 5.63. The molecule has 0 atom stereocenters. The molecular weight excluding hydrogens is 274 g/mol. The van der Waals surface area contributed by atoms with Crippen LogP contribution in [-0.4, -0.2) is 50.8 Å². The first-order valence-corrected chi connectivity index (χ1v) is 7.60. The van der Waals surface area contributed by atoms with Gasteiger partial charge in [0, 0.05) is 39.3 Å². The summed E-state index contributed by atoms with van der Waals surface area (Å²) in [5.74, 6) is 1.24. The van der Waals surface area contributed by atoms with Gasteiger partial charge in [-0.25, -0.2) is 17.7 Å². The molecule has 0 N–H and O–H groups in total. The molecule has 0 amide bonds. The zero-order valence-electron chi connectivity index (χ0n) is 10.8. The smallest absolute Gasteiger partial charge is 0.244 e. The van der Waals surface area contributed by atoms with E-state index in [9.17, 15) is 8.42 Å². The summed E-state index contributed by atoms with van der Waals surface area (Å²) >= 11 is 5.70. The minimum absolute atomic E-state index is 0.193. The summed E-state index contributed by atoms with van der Waals surface area (Å²) < 4.78 is 24.9. The molecule has 0 aliphatic rings. The van der Waals surface area contributed by atoms with Gasteiger partial charge in [-0.2, -0.15) is 0 Å². The lowest BCUT2D eigenvalue weighted by molar-refractivity contribution is 0.520. The van der Waals surface area contributed by atoms with Gasteiger partial charge in [-0.3, -0.25) is 0 Å². The normalized spacial score (nSPS) is 11.8. The molecule has 0 spiro atoms. The van der Waals surface area contributed by atoms with Gasteiger partial charge in [0.15, 0.2) is 0 Å². The van der Waals surface area contributed by atoms with Crippen LogP contribution in [0.15, 0.2) is 23.2 Å². The fourth-order valence-electron chi connectivity index (χ4n) is 1.46. The Morgan fingerprint density at radius 2 is 2.00 bits per heavy atom. The van der Waals surface area contributed by atoms with Crippen LogP contribution in [0.2, 0.25) is 0 Å². The molecule has 0 aliphatic carbocycles. The van der Waals surface area contributed by atoms with Crippen LogP contribution < -0.4 is 4.90 Å². The van der Waals surface area contributed by atoms with Gasteiger partial charge >= 0.3 is 0 Å². The summed E-state index contributed by atoms with van der Waals surface area (Å²) in [6.45, 7) is 3.46. The number of sulfonamides is 1. The Morgan fingerprint density at radius 3 is 2.39 bits per heavy atom. The van der Waals surface area contributed by atoms with Gasteiger partial charge in [-0.15, -0.1) is 11.6 Å². The van der Waals surface area contributed by atoms with Gasteiger partial charge < -0.3 is 4.90 Å². The van der Waals surface area contributed by atoms with Crippen LogP contribution in [0.5, 0.6) is 0 Å². The molecule has 0 saturated heterocycles. The van der Waals surface area contributed by atoms with E-state index in [4.69, 9.17) is 11.6 Å². The summed E-state index contributed by atoms with van der Waals surface area (Å²) in [5.41, 5.74) is 0. The standard InChI is InChI=1S/C11H18ClN3O2S/c1-4-15(8-7-12)11-6-5-10(9-13-11)18(16,17)14(2)3/h5-6,9H,4,7-8H2,1-3H3. The minimum atomic E-state index is -3.41. The third-order valence-corrected chi connectivity index (χ3v) is 4.53. The molecule has 0 fully saturated rings. The van der Waals surface area contributed by atoms with Crippen molar-refractivity contribution in [2.45, 2.75) is 11.8 Å². The molecule has 0 saturated carbocycles. The lowest BCUT2D eigenvalue weighted by atomic mass is 10.4. The Kier molecular flexibility index (Phi) is 5.37. The molecular formula is C11H18ClN3O2S. The highest BCUT2D eigenvalue weighted by Gasteiger charge is 2.17. The predicted molar refractivity (Wildman–Crippen MR) is 73.7 cm³/mol. The Labute approximate surface area is 113 Å². The summed E-state index contributed by atoms with van der Waals surface area (Å²) in [6.07, 6.45) is 1.38. The number of halogens is 1. The zero-order chi connectivity index (χ0) is 13.8. The van der Waals surface area contributed by atoms with E-state index >= 15 is 0 Å². The van der Waals surface area contributed by atoms with Crippen molar-refractivity contribution in [2.75, 3.05) is 38.0 Å². The van der Waals surface area contributed by atoms with Crippen LogP contribution in [-0.2, 0) is 10.0 Å². The van der Waals surface area contributed by atoms with E-state index in [1.165, 1.54) is 24.6 Å². The van der Waals surface area contributed by atoms with Crippen molar-refractivity contribution < 1.29 is 8.42 Å². The quantitative estimate of drug-likeness (QED) is 0.744. The van der Waals surface area contributed by atoms with Crippen LogP contribution in [0.4, 0.5) is 5.82 Å². The third kappa shape index (κ3) is 3.34. The maximum Gasteiger partial charge on any atom is 0.244 e. The predicted octanol–water partition coefficient (Wildman–Crippen LogP) is 1.40. The molecule has 1 rings (SSSR count). The van der Waals surface area contributed by atoms with Crippen LogP contribution in [0.3, 0.4) is 0 Å². The van der Waals surface area contributed by atoms with E-state index in [2.05, 4.69) is 4.98 Å². The monoisotopic (exact) mass is 291 g/mol. The van der Waals surface area contributed by atoms with E-state index in [1.54, 1.807) is 12.1 Å². The second kappa shape index (κ2) is 6.36. The topological polar surface area (TPSA) is 53.5 Å². The summed E-state index contributed by atoms with van der Waals surface area (Å²) in [5, 5.41) is 0. The van der Waals surface area contributed by atoms with Crippen molar-refractivity contribution in [1.82, 2.24) is 9.29 Å². The van der Waals surface area contributed by atoms with Crippen LogP contribution >= 0.6 is 11.6 Å². The number of rotatable bonds is 6. The van der Waals surface area contributed by atoms with E-state index < -0.39 is 10.0 Å². The number of hydrogen-bond donors (Lipinski definition) is 0. The van der Waals surface area contributed by atoms with Gasteiger partial charge in [-0.05, 0) is 19.1 Å². The lowest BCUT2D eigenvalue weighted by Crippen LogP contribution is -2.26. The fraction of sp³-hybridized carbons (Fsp3) is 0.545. The zero-order valence-corrected chi connectivity index (χ0v) is 12.4. The number of hydrogen-bond acceptors (Lipinski definition) is 4. The van der Waals surface area contributed by atoms with Crippen molar-refractivity contribution in [1.29, 1.82) is 0 Å². The molecule has 18 heavy (non-hydrogen) atoms. The molecule has 7 heteroatoms. The molecule has 5 nitrogen and oxygen atoms in total. The van der Waals surface area contributed by atoms with Gasteiger partial charge in [0.05, 0.1) is 0 Å². The van der Waals surface area contributed by atoms with Gasteiger partial charge in [0.25, 0.3) is 0 Å². The van der Waals surface area contributed by atoms with Gasteiger partial charge in [0.2, 0.25) is 10.0 Å². The SMILES string of the molecule is CCN(CCCl)c1ccc(S(=O)(=O)N(C)C)cn1. The van der Waals surface area contributed by atoms with Crippen LogP contribution in [0.25, 0.3) is 0 Å². The van der Waals surface area contributed by atoms with Crippen LogP contribution in [0.1, 0.15) is 6.92 Å². The molecule has 1 aromatic rings. The Bertz CT molecular complexity index is 474. The Hall–Kier alpha value is -0.850. The molecule has 0 unspecified atom stereocenters. The Morgan fingerprint density at radius 1 is 1.33 bits per heavy atom. The Balaban J connectivity index is 2.99. The van der Waals surface area contributed by atoms with Crippen LogP contribution in [0, 0.1) is 0 Å². The average molecular weight is 292 g/mol. The second-order valence-corrected chi connectivity index (χ2v) is 6.44. The first-order chi connectivity index (χ1) is 8.43. The second-order valence-electron chi connectivity index (χ2n) is 3.91. The highest BCUT2D eigenvalue weighted by atomic mass is 35.5.